The zero-order valence-electron chi connectivity index (χ0n) is 9.12. The highest BCUT2D eigenvalue weighted by Gasteiger charge is 2.02. The van der Waals surface area contributed by atoms with Crippen molar-refractivity contribution in [3.05, 3.63) is 29.3 Å². The molecule has 15 heavy (non-hydrogen) atoms. The molecule has 0 bridgehead atoms. The van der Waals surface area contributed by atoms with Crippen LogP contribution in [0.25, 0.3) is 10.2 Å². The third kappa shape index (κ3) is 2.78. The Morgan fingerprint density at radius 3 is 3.07 bits per heavy atom. The first kappa shape index (κ1) is 10.6. The summed E-state index contributed by atoms with van der Waals surface area (Å²) in [6.07, 6.45) is 6.39. The number of hydrogen-bond donors (Lipinski definition) is 0. The van der Waals surface area contributed by atoms with Crippen LogP contribution in [-0.2, 0) is 6.42 Å². The molecule has 1 nitrogen and oxygen atoms in total. The molecule has 2 heteroatoms. The Labute approximate surface area is 95.2 Å². The largest absolute Gasteiger partial charge is 0.241 e. The van der Waals surface area contributed by atoms with Crippen LogP contribution in [0.3, 0.4) is 0 Å². The molecule has 0 saturated heterocycles. The molecule has 0 fully saturated rings. The van der Waals surface area contributed by atoms with Gasteiger partial charge in [-0.2, -0.15) is 0 Å². The second kappa shape index (κ2) is 5.26. The van der Waals surface area contributed by atoms with Gasteiger partial charge in [0.25, 0.3) is 0 Å². The summed E-state index contributed by atoms with van der Waals surface area (Å²) in [5.74, 6) is 0. The van der Waals surface area contributed by atoms with Gasteiger partial charge in [0.15, 0.2) is 0 Å². The topological polar surface area (TPSA) is 12.9 Å². The number of benzene rings is 1. The van der Waals surface area contributed by atoms with Gasteiger partial charge in [0.05, 0.1) is 15.2 Å². The van der Waals surface area contributed by atoms with Crippen molar-refractivity contribution in [2.24, 2.45) is 0 Å². The van der Waals surface area contributed by atoms with E-state index in [-0.39, 0.29) is 0 Å². The first-order chi connectivity index (χ1) is 7.40. The van der Waals surface area contributed by atoms with Crippen LogP contribution < -0.4 is 0 Å². The van der Waals surface area contributed by atoms with Crippen molar-refractivity contribution in [3.8, 4) is 0 Å². The van der Waals surface area contributed by atoms with E-state index in [2.05, 4.69) is 24.0 Å². The number of fused-ring (bicyclic) bond motifs is 1. The summed E-state index contributed by atoms with van der Waals surface area (Å²) in [6, 6.07) is 9.10. The molecule has 1 aromatic carbocycles. The van der Waals surface area contributed by atoms with Crippen LogP contribution >= 0.6 is 11.3 Å². The van der Waals surface area contributed by atoms with E-state index >= 15 is 0 Å². The van der Waals surface area contributed by atoms with Crippen LogP contribution in [0.15, 0.2) is 18.2 Å². The molecule has 0 atom stereocenters. The molecule has 79 valence electrons. The summed E-state index contributed by atoms with van der Waals surface area (Å²) in [4.78, 5) is 4.60. The highest BCUT2D eigenvalue weighted by molar-refractivity contribution is 7.18. The van der Waals surface area contributed by atoms with Crippen molar-refractivity contribution in [3.63, 3.8) is 0 Å². The number of unbranched alkanes of at least 4 members (excludes halogenated alkanes) is 3. The van der Waals surface area contributed by atoms with E-state index in [9.17, 15) is 0 Å². The van der Waals surface area contributed by atoms with Crippen LogP contribution in [-0.4, -0.2) is 4.98 Å². The summed E-state index contributed by atoms with van der Waals surface area (Å²) in [7, 11) is 0. The fourth-order valence-corrected chi connectivity index (χ4v) is 2.66. The molecule has 2 rings (SSSR count). The smallest absolute Gasteiger partial charge is 0.0938 e. The van der Waals surface area contributed by atoms with Crippen molar-refractivity contribution < 1.29 is 0 Å². The third-order valence-corrected chi connectivity index (χ3v) is 3.62. The van der Waals surface area contributed by atoms with Crippen LogP contribution in [0, 0.1) is 6.07 Å². The van der Waals surface area contributed by atoms with Gasteiger partial charge >= 0.3 is 0 Å². The molecule has 0 aliphatic carbocycles. The number of hydrogen-bond acceptors (Lipinski definition) is 2. The molecule has 0 aliphatic heterocycles. The van der Waals surface area contributed by atoms with Gasteiger partial charge in [-0.1, -0.05) is 32.3 Å². The molecule has 0 N–H and O–H groups in total. The number of thiazole rings is 1. The Morgan fingerprint density at radius 1 is 1.33 bits per heavy atom. The van der Waals surface area contributed by atoms with Gasteiger partial charge in [0, 0.05) is 0 Å². The summed E-state index contributed by atoms with van der Waals surface area (Å²) in [5, 5.41) is 1.28. The number of nitrogens with zero attached hydrogens (tertiary/aromatic N) is 1. The van der Waals surface area contributed by atoms with Gasteiger partial charge in [-0.15, -0.1) is 11.3 Å². The normalized spacial score (nSPS) is 11.0. The number of aryl methyl sites for hydroxylation is 1. The lowest BCUT2D eigenvalue weighted by Crippen LogP contribution is -1.83. The van der Waals surface area contributed by atoms with Crippen LogP contribution in [0.2, 0.25) is 0 Å². The summed E-state index contributed by atoms with van der Waals surface area (Å²) >= 11 is 1.82. The van der Waals surface area contributed by atoms with Crippen molar-refractivity contribution in [1.82, 2.24) is 4.98 Å². The molecule has 0 amide bonds. The Kier molecular flexibility index (Phi) is 3.73. The van der Waals surface area contributed by atoms with E-state index in [1.54, 1.807) is 0 Å². The predicted molar refractivity (Wildman–Crippen MR) is 66.3 cm³/mol. The van der Waals surface area contributed by atoms with Crippen LogP contribution in [0.5, 0.6) is 0 Å². The molecular formula is C13H16NS. The van der Waals surface area contributed by atoms with Gasteiger partial charge in [0.2, 0.25) is 0 Å². The Hall–Kier alpha value is -0.890. The van der Waals surface area contributed by atoms with Crippen LogP contribution in [0.1, 0.15) is 37.6 Å². The van der Waals surface area contributed by atoms with E-state index in [0.717, 1.165) is 11.9 Å². The molecule has 0 spiro atoms. The molecule has 0 saturated carbocycles. The van der Waals surface area contributed by atoms with E-state index in [1.165, 1.54) is 35.4 Å². The number of rotatable bonds is 5. The zero-order valence-corrected chi connectivity index (χ0v) is 9.94. The van der Waals surface area contributed by atoms with Crippen molar-refractivity contribution in [1.29, 1.82) is 0 Å². The molecule has 1 aromatic heterocycles. The maximum absolute atomic E-state index is 4.60. The second-order valence-corrected chi connectivity index (χ2v) is 4.93. The number of aromatic nitrogens is 1. The van der Waals surface area contributed by atoms with Gasteiger partial charge in [-0.25, -0.2) is 4.98 Å². The van der Waals surface area contributed by atoms with E-state index in [1.807, 2.05) is 23.5 Å². The minimum atomic E-state index is 1.10. The van der Waals surface area contributed by atoms with E-state index < -0.39 is 0 Å². The van der Waals surface area contributed by atoms with Gasteiger partial charge in [0.1, 0.15) is 0 Å². The average molecular weight is 218 g/mol. The zero-order chi connectivity index (χ0) is 10.5. The van der Waals surface area contributed by atoms with Gasteiger partial charge in [-0.05, 0) is 31.0 Å². The summed E-state index contributed by atoms with van der Waals surface area (Å²) < 4.78 is 1.29. The maximum Gasteiger partial charge on any atom is 0.0938 e. The minimum absolute atomic E-state index is 1.10. The lowest BCUT2D eigenvalue weighted by atomic mass is 10.2. The van der Waals surface area contributed by atoms with Crippen molar-refractivity contribution in [2.75, 3.05) is 0 Å². The molecule has 0 aliphatic rings. The predicted octanol–water partition coefficient (Wildman–Crippen LogP) is 4.22. The molecule has 1 heterocycles. The van der Waals surface area contributed by atoms with Crippen molar-refractivity contribution in [2.45, 2.75) is 39.0 Å². The average Bonchev–Trinajstić information content (AvgIpc) is 2.67. The summed E-state index contributed by atoms with van der Waals surface area (Å²) in [5.41, 5.74) is 1.10. The molecule has 1 radical (unpaired) electrons. The minimum Gasteiger partial charge on any atom is -0.241 e. The maximum atomic E-state index is 4.60. The van der Waals surface area contributed by atoms with Crippen molar-refractivity contribution >= 4 is 21.6 Å². The highest BCUT2D eigenvalue weighted by atomic mass is 32.1. The lowest BCUT2D eigenvalue weighted by Gasteiger charge is -1.95. The quantitative estimate of drug-likeness (QED) is 0.685. The second-order valence-electron chi connectivity index (χ2n) is 3.81. The SMILES string of the molecule is CCCCCCc1nc2c[c]ccc2s1. The van der Waals surface area contributed by atoms with E-state index in [0.29, 0.717) is 0 Å². The fraction of sp³-hybridized carbons (Fsp3) is 0.462. The highest BCUT2D eigenvalue weighted by Crippen LogP contribution is 2.22. The van der Waals surface area contributed by atoms with E-state index in [4.69, 9.17) is 0 Å². The first-order valence-corrected chi connectivity index (χ1v) is 6.47. The summed E-state index contributed by atoms with van der Waals surface area (Å²) in [6.45, 7) is 2.24. The Bertz CT molecular complexity index is 386. The monoisotopic (exact) mass is 218 g/mol. The molecule has 0 unspecified atom stereocenters. The first-order valence-electron chi connectivity index (χ1n) is 5.65. The van der Waals surface area contributed by atoms with Gasteiger partial charge < -0.3 is 0 Å². The molecule has 2 aromatic rings. The van der Waals surface area contributed by atoms with Crippen LogP contribution in [0.4, 0.5) is 0 Å². The Morgan fingerprint density at radius 2 is 2.27 bits per heavy atom. The third-order valence-electron chi connectivity index (χ3n) is 2.52. The lowest BCUT2D eigenvalue weighted by molar-refractivity contribution is 0.666. The standard InChI is InChI=1S/C13H16NS/c1-2-3-4-5-10-13-14-11-8-6-7-9-12(11)15-13/h7-9H,2-5,10H2,1H3. The fourth-order valence-electron chi connectivity index (χ4n) is 1.68. The molecular weight excluding hydrogens is 202 g/mol. The van der Waals surface area contributed by atoms with Gasteiger partial charge in [-0.3, -0.25) is 0 Å². The Balaban J connectivity index is 1.97.